The number of hydrogen-bond donors (Lipinski definition) is 0. The molecule has 0 bridgehead atoms. The second-order valence-corrected chi connectivity index (χ2v) is 5.44. The molecule has 1 aliphatic heterocycles. The summed E-state index contributed by atoms with van der Waals surface area (Å²) < 4.78 is 0. The van der Waals surface area contributed by atoms with Crippen LogP contribution in [-0.2, 0) is 9.59 Å². The number of rotatable bonds is 3. The van der Waals surface area contributed by atoms with Gasteiger partial charge in [0.1, 0.15) is 0 Å². The molecule has 0 saturated carbocycles. The van der Waals surface area contributed by atoms with Gasteiger partial charge < -0.3 is 0 Å². The highest BCUT2D eigenvalue weighted by Gasteiger charge is 2.45. The van der Waals surface area contributed by atoms with Gasteiger partial charge >= 0.3 is 0 Å². The quantitative estimate of drug-likeness (QED) is 0.768. The molecule has 0 aliphatic carbocycles. The summed E-state index contributed by atoms with van der Waals surface area (Å²) in [5, 5.41) is 0. The topological polar surface area (TPSA) is 37.4 Å². The number of carbonyl (C=O) groups is 2. The molecule has 0 aromatic heterocycles. The lowest BCUT2D eigenvalue weighted by Gasteiger charge is -2.42. The summed E-state index contributed by atoms with van der Waals surface area (Å²) >= 11 is 0. The Labute approximate surface area is 108 Å². The van der Waals surface area contributed by atoms with E-state index in [9.17, 15) is 9.59 Å². The normalized spacial score (nSPS) is 19.6. The number of amides is 2. The predicted molar refractivity (Wildman–Crippen MR) is 69.7 cm³/mol. The SMILES string of the molecule is CCC(C)(C)C(=O)N1C(=O)CC1c1ccccc1. The number of hydrogen-bond acceptors (Lipinski definition) is 2. The van der Waals surface area contributed by atoms with E-state index in [4.69, 9.17) is 0 Å². The van der Waals surface area contributed by atoms with Crippen molar-refractivity contribution in [3.63, 3.8) is 0 Å². The van der Waals surface area contributed by atoms with Crippen LogP contribution in [0.1, 0.15) is 45.2 Å². The zero-order valence-corrected chi connectivity index (χ0v) is 11.1. The highest BCUT2D eigenvalue weighted by molar-refractivity contribution is 6.02. The lowest BCUT2D eigenvalue weighted by molar-refractivity contribution is -0.164. The monoisotopic (exact) mass is 245 g/mol. The molecule has 96 valence electrons. The van der Waals surface area contributed by atoms with E-state index in [-0.39, 0.29) is 17.9 Å². The first-order valence-electron chi connectivity index (χ1n) is 6.39. The van der Waals surface area contributed by atoms with Crippen molar-refractivity contribution in [1.29, 1.82) is 0 Å². The van der Waals surface area contributed by atoms with E-state index < -0.39 is 5.41 Å². The molecule has 1 aromatic rings. The Morgan fingerprint density at radius 1 is 1.33 bits per heavy atom. The molecular weight excluding hydrogens is 226 g/mol. The molecule has 0 spiro atoms. The van der Waals surface area contributed by atoms with Gasteiger partial charge in [-0.1, -0.05) is 51.1 Å². The molecule has 1 unspecified atom stereocenters. The highest BCUT2D eigenvalue weighted by atomic mass is 16.2. The summed E-state index contributed by atoms with van der Waals surface area (Å²) in [4.78, 5) is 25.5. The number of β-lactam (4-membered cyclic amide) rings is 1. The van der Waals surface area contributed by atoms with Crippen molar-refractivity contribution < 1.29 is 9.59 Å². The lowest BCUT2D eigenvalue weighted by Crippen LogP contribution is -2.54. The predicted octanol–water partition coefficient (Wildman–Crippen LogP) is 2.92. The smallest absolute Gasteiger partial charge is 0.235 e. The first kappa shape index (κ1) is 12.8. The summed E-state index contributed by atoms with van der Waals surface area (Å²) in [7, 11) is 0. The van der Waals surface area contributed by atoms with Gasteiger partial charge in [0.05, 0.1) is 12.5 Å². The second kappa shape index (κ2) is 4.56. The van der Waals surface area contributed by atoms with Gasteiger partial charge in [0.2, 0.25) is 11.8 Å². The molecule has 1 fully saturated rings. The van der Waals surface area contributed by atoms with E-state index in [0.717, 1.165) is 12.0 Å². The van der Waals surface area contributed by atoms with Crippen LogP contribution >= 0.6 is 0 Å². The maximum atomic E-state index is 12.4. The van der Waals surface area contributed by atoms with Crippen LogP contribution in [0.3, 0.4) is 0 Å². The molecule has 1 aromatic carbocycles. The van der Waals surface area contributed by atoms with Gasteiger partial charge in [-0.05, 0) is 12.0 Å². The van der Waals surface area contributed by atoms with Gasteiger partial charge in [0, 0.05) is 5.41 Å². The van der Waals surface area contributed by atoms with Gasteiger partial charge in [0.25, 0.3) is 0 Å². The molecule has 0 radical (unpaired) electrons. The molecule has 2 rings (SSSR count). The number of likely N-dealkylation sites (tertiary alicyclic amines) is 1. The maximum Gasteiger partial charge on any atom is 0.235 e. The van der Waals surface area contributed by atoms with Crippen LogP contribution < -0.4 is 0 Å². The summed E-state index contributed by atoms with van der Waals surface area (Å²) in [5.74, 6) is -0.120. The molecule has 1 atom stereocenters. The molecule has 1 aliphatic rings. The van der Waals surface area contributed by atoms with Crippen molar-refractivity contribution in [2.75, 3.05) is 0 Å². The Bertz CT molecular complexity index is 465. The minimum atomic E-state index is -0.469. The Kier molecular flexibility index (Phi) is 3.24. The van der Waals surface area contributed by atoms with E-state index >= 15 is 0 Å². The van der Waals surface area contributed by atoms with Crippen molar-refractivity contribution in [3.05, 3.63) is 35.9 Å². The average molecular weight is 245 g/mol. The zero-order valence-electron chi connectivity index (χ0n) is 11.1. The van der Waals surface area contributed by atoms with Crippen molar-refractivity contribution in [2.45, 2.75) is 39.7 Å². The minimum Gasteiger partial charge on any atom is -0.274 e. The molecule has 2 amide bonds. The van der Waals surface area contributed by atoms with E-state index in [2.05, 4.69) is 0 Å². The van der Waals surface area contributed by atoms with Gasteiger partial charge in [-0.15, -0.1) is 0 Å². The molecule has 0 N–H and O–H groups in total. The first-order valence-corrected chi connectivity index (χ1v) is 6.39. The third-order valence-corrected chi connectivity index (χ3v) is 3.81. The summed E-state index contributed by atoms with van der Waals surface area (Å²) in [6.07, 6.45) is 1.17. The van der Waals surface area contributed by atoms with Gasteiger partial charge in [0.15, 0.2) is 0 Å². The summed E-state index contributed by atoms with van der Waals surface area (Å²) in [5.41, 5.74) is 0.570. The van der Waals surface area contributed by atoms with E-state index in [1.807, 2.05) is 51.1 Å². The second-order valence-electron chi connectivity index (χ2n) is 5.44. The Balaban J connectivity index is 2.22. The van der Waals surface area contributed by atoms with Crippen LogP contribution in [0.15, 0.2) is 30.3 Å². The van der Waals surface area contributed by atoms with E-state index in [1.165, 1.54) is 4.90 Å². The van der Waals surface area contributed by atoms with Gasteiger partial charge in [-0.3, -0.25) is 14.5 Å². The molecule has 1 saturated heterocycles. The average Bonchev–Trinajstić information content (AvgIpc) is 2.36. The Hall–Kier alpha value is -1.64. The van der Waals surface area contributed by atoms with Crippen molar-refractivity contribution >= 4 is 11.8 Å². The Morgan fingerprint density at radius 3 is 2.44 bits per heavy atom. The molecule has 1 heterocycles. The minimum absolute atomic E-state index is 0.0598. The molecule has 3 nitrogen and oxygen atoms in total. The van der Waals surface area contributed by atoms with E-state index in [0.29, 0.717) is 6.42 Å². The standard InChI is InChI=1S/C15H19NO2/c1-4-15(2,3)14(18)16-12(10-13(16)17)11-8-6-5-7-9-11/h5-9,12H,4,10H2,1-3H3. The van der Waals surface area contributed by atoms with Crippen LogP contribution in [0, 0.1) is 5.41 Å². The third-order valence-electron chi connectivity index (χ3n) is 3.81. The Morgan fingerprint density at radius 2 is 1.94 bits per heavy atom. The van der Waals surface area contributed by atoms with Crippen molar-refractivity contribution in [1.82, 2.24) is 4.90 Å². The fraction of sp³-hybridized carbons (Fsp3) is 0.467. The molecule has 3 heteroatoms. The lowest BCUT2D eigenvalue weighted by atomic mass is 9.84. The van der Waals surface area contributed by atoms with Crippen LogP contribution in [0.5, 0.6) is 0 Å². The van der Waals surface area contributed by atoms with Crippen LogP contribution in [0.4, 0.5) is 0 Å². The van der Waals surface area contributed by atoms with Crippen LogP contribution in [0.2, 0.25) is 0 Å². The fourth-order valence-electron chi connectivity index (χ4n) is 2.09. The van der Waals surface area contributed by atoms with Crippen molar-refractivity contribution in [2.24, 2.45) is 5.41 Å². The number of nitrogens with zero attached hydrogens (tertiary/aromatic N) is 1. The first-order chi connectivity index (χ1) is 8.47. The number of imide groups is 1. The maximum absolute atomic E-state index is 12.4. The highest BCUT2D eigenvalue weighted by Crippen LogP contribution is 2.38. The number of carbonyl (C=O) groups excluding carboxylic acids is 2. The molecule has 18 heavy (non-hydrogen) atoms. The largest absolute Gasteiger partial charge is 0.274 e. The third kappa shape index (κ3) is 2.05. The zero-order chi connectivity index (χ0) is 13.3. The number of benzene rings is 1. The van der Waals surface area contributed by atoms with Crippen LogP contribution in [0.25, 0.3) is 0 Å². The molecular formula is C15H19NO2. The summed E-state index contributed by atoms with van der Waals surface area (Å²) in [6.45, 7) is 5.76. The van der Waals surface area contributed by atoms with Crippen molar-refractivity contribution in [3.8, 4) is 0 Å². The van der Waals surface area contributed by atoms with Crippen LogP contribution in [-0.4, -0.2) is 16.7 Å². The fourth-order valence-corrected chi connectivity index (χ4v) is 2.09. The van der Waals surface area contributed by atoms with Gasteiger partial charge in [-0.25, -0.2) is 0 Å². The summed E-state index contributed by atoms with van der Waals surface area (Å²) in [6, 6.07) is 9.67. The van der Waals surface area contributed by atoms with E-state index in [1.54, 1.807) is 0 Å². The van der Waals surface area contributed by atoms with Gasteiger partial charge in [-0.2, -0.15) is 0 Å².